The van der Waals surface area contributed by atoms with Gasteiger partial charge in [-0.3, -0.25) is 4.79 Å². The highest BCUT2D eigenvalue weighted by Gasteiger charge is 2.21. The molecule has 3 nitrogen and oxygen atoms in total. The maximum atomic E-state index is 12.3. The zero-order chi connectivity index (χ0) is 14.5. The van der Waals surface area contributed by atoms with Gasteiger partial charge in [0.15, 0.2) is 0 Å². The van der Waals surface area contributed by atoms with E-state index in [0.29, 0.717) is 5.75 Å². The van der Waals surface area contributed by atoms with Crippen LogP contribution in [0.25, 0.3) is 0 Å². The van der Waals surface area contributed by atoms with Gasteiger partial charge in [0.05, 0.1) is 17.7 Å². The molecular weight excluding hydrogens is 295 g/mol. The van der Waals surface area contributed by atoms with Gasteiger partial charge >= 0.3 is 0 Å². The van der Waals surface area contributed by atoms with Crippen molar-refractivity contribution >= 4 is 24.9 Å². The van der Waals surface area contributed by atoms with Crippen LogP contribution in [0.5, 0.6) is 5.75 Å². The van der Waals surface area contributed by atoms with Crippen LogP contribution in [-0.2, 0) is 10.7 Å². The summed E-state index contributed by atoms with van der Waals surface area (Å²) in [6.07, 6.45) is 0.235. The van der Waals surface area contributed by atoms with E-state index in [9.17, 15) is 9.36 Å². The van der Waals surface area contributed by atoms with Crippen molar-refractivity contribution < 1.29 is 14.1 Å². The molecule has 1 atom stereocenters. The van der Waals surface area contributed by atoms with E-state index in [4.69, 9.17) is 16.3 Å². The smallest absolute Gasteiger partial charge is 0.224 e. The number of rotatable bonds is 5. The summed E-state index contributed by atoms with van der Waals surface area (Å²) in [7, 11) is -1.02. The van der Waals surface area contributed by atoms with Crippen molar-refractivity contribution in [3.05, 3.63) is 64.7 Å². The number of hydrogen-bond acceptors (Lipinski definition) is 3. The zero-order valence-electron chi connectivity index (χ0n) is 10.9. The summed E-state index contributed by atoms with van der Waals surface area (Å²) in [5, 5.41) is 0.265. The molecule has 0 radical (unpaired) electrons. The minimum atomic E-state index is -2.48. The predicted molar refractivity (Wildman–Crippen MR) is 81.5 cm³/mol. The molecular formula is C15H14ClO3P. The fraction of sp³-hybridized carbons (Fsp3) is 0.133. The highest BCUT2D eigenvalue weighted by Crippen LogP contribution is 2.38. The molecule has 5 heteroatoms. The minimum Gasteiger partial charge on any atom is -0.496 e. The molecule has 0 bridgehead atoms. The van der Waals surface area contributed by atoms with Gasteiger partial charge in [-0.15, -0.1) is 0 Å². The summed E-state index contributed by atoms with van der Waals surface area (Å²) < 4.78 is 17.4. The largest absolute Gasteiger partial charge is 0.496 e. The van der Waals surface area contributed by atoms with E-state index in [1.165, 1.54) is 7.11 Å². The first-order valence-corrected chi connectivity index (χ1v) is 8.06. The monoisotopic (exact) mass is 308 g/mol. The summed E-state index contributed by atoms with van der Waals surface area (Å²) in [5.74, 6) is 0.355. The van der Waals surface area contributed by atoms with Crippen molar-refractivity contribution in [2.45, 2.75) is 6.16 Å². The molecule has 0 spiro atoms. The molecule has 0 N–H and O–H groups in total. The van der Waals surface area contributed by atoms with Gasteiger partial charge in [-0.05, 0) is 17.7 Å². The predicted octanol–water partition coefficient (Wildman–Crippen LogP) is 4.25. The topological polar surface area (TPSA) is 43.4 Å². The summed E-state index contributed by atoms with van der Waals surface area (Å²) >= 11 is 6.03. The highest BCUT2D eigenvalue weighted by atomic mass is 35.5. The average molecular weight is 309 g/mol. The van der Waals surface area contributed by atoms with E-state index < -0.39 is 13.3 Å². The van der Waals surface area contributed by atoms with Gasteiger partial charge in [0, 0.05) is 6.16 Å². The van der Waals surface area contributed by atoms with Gasteiger partial charge in [0.2, 0.25) is 5.52 Å². The second-order valence-corrected chi connectivity index (χ2v) is 6.29. The normalized spacial score (nSPS) is 11.9. The Balaban J connectivity index is 2.26. The van der Waals surface area contributed by atoms with Crippen LogP contribution in [0.4, 0.5) is 0 Å². The Morgan fingerprint density at radius 1 is 1.15 bits per heavy atom. The van der Waals surface area contributed by atoms with Crippen molar-refractivity contribution in [3.63, 3.8) is 0 Å². The zero-order valence-corrected chi connectivity index (χ0v) is 12.7. The first kappa shape index (κ1) is 14.8. The molecule has 1 unspecified atom stereocenters. The second-order valence-electron chi connectivity index (χ2n) is 4.23. The van der Waals surface area contributed by atoms with Crippen molar-refractivity contribution in [3.8, 4) is 5.75 Å². The van der Waals surface area contributed by atoms with Crippen LogP contribution in [0.15, 0.2) is 48.5 Å². The number of benzene rings is 2. The molecule has 0 amide bonds. The Morgan fingerprint density at radius 3 is 2.50 bits per heavy atom. The van der Waals surface area contributed by atoms with Gasteiger partial charge in [-0.2, -0.15) is 0 Å². The molecule has 0 fully saturated rings. The van der Waals surface area contributed by atoms with Gasteiger partial charge in [0.1, 0.15) is 13.6 Å². The Bertz CT molecular complexity index is 641. The van der Waals surface area contributed by atoms with Crippen LogP contribution in [-0.4, -0.2) is 12.6 Å². The van der Waals surface area contributed by atoms with Crippen LogP contribution in [0.1, 0.15) is 15.9 Å². The van der Waals surface area contributed by atoms with Crippen LogP contribution < -0.4 is 4.74 Å². The molecule has 104 valence electrons. The molecule has 0 saturated heterocycles. The highest BCUT2D eigenvalue weighted by molar-refractivity contribution is 7.63. The third-order valence-electron chi connectivity index (χ3n) is 2.88. The lowest BCUT2D eigenvalue weighted by atomic mass is 10.2. The third kappa shape index (κ3) is 3.30. The molecule has 0 saturated carbocycles. The SMILES string of the molecule is COc1cccc(Cl)c1C(=O)[PH](=O)Cc1ccccc1. The standard InChI is InChI=1S/C15H14ClO3P/c1-19-13-9-5-8-12(16)14(13)15(17)20(18)10-11-6-3-2-4-7-11/h2-9,20H,10H2,1H3. The van der Waals surface area contributed by atoms with Gasteiger partial charge in [0.25, 0.3) is 0 Å². The number of hydrogen-bond donors (Lipinski definition) is 0. The van der Waals surface area contributed by atoms with Crippen LogP contribution in [0.3, 0.4) is 0 Å². The second kappa shape index (κ2) is 6.74. The van der Waals surface area contributed by atoms with E-state index in [-0.39, 0.29) is 16.7 Å². The fourth-order valence-corrected chi connectivity index (χ4v) is 3.53. The molecule has 0 aliphatic rings. The van der Waals surface area contributed by atoms with Crippen molar-refractivity contribution in [2.75, 3.05) is 7.11 Å². The number of carbonyl (C=O) groups is 1. The third-order valence-corrected chi connectivity index (χ3v) is 4.68. The van der Waals surface area contributed by atoms with E-state index in [1.54, 1.807) is 18.2 Å². The Labute approximate surface area is 123 Å². The quantitative estimate of drug-likeness (QED) is 0.776. The molecule has 0 aromatic heterocycles. The van der Waals surface area contributed by atoms with E-state index in [1.807, 2.05) is 30.3 Å². The summed E-state index contributed by atoms with van der Waals surface area (Å²) in [5.41, 5.74) is 0.633. The van der Waals surface area contributed by atoms with E-state index in [0.717, 1.165) is 5.56 Å². The van der Waals surface area contributed by atoms with Crippen molar-refractivity contribution in [2.24, 2.45) is 0 Å². The molecule has 2 rings (SSSR count). The Kier molecular flexibility index (Phi) is 4.99. The van der Waals surface area contributed by atoms with E-state index >= 15 is 0 Å². The first-order valence-electron chi connectivity index (χ1n) is 6.07. The molecule has 2 aromatic carbocycles. The Hall–Kier alpha value is -1.57. The van der Waals surface area contributed by atoms with Gasteiger partial charge in [-0.1, -0.05) is 48.0 Å². The lowest BCUT2D eigenvalue weighted by Crippen LogP contribution is -2.00. The van der Waals surface area contributed by atoms with E-state index in [2.05, 4.69) is 0 Å². The summed E-state index contributed by atoms with van der Waals surface area (Å²) in [4.78, 5) is 12.3. The summed E-state index contributed by atoms with van der Waals surface area (Å²) in [6.45, 7) is 0. The van der Waals surface area contributed by atoms with Crippen molar-refractivity contribution in [1.82, 2.24) is 0 Å². The van der Waals surface area contributed by atoms with Crippen LogP contribution in [0, 0.1) is 0 Å². The van der Waals surface area contributed by atoms with Crippen molar-refractivity contribution in [1.29, 1.82) is 0 Å². The van der Waals surface area contributed by atoms with Crippen LogP contribution in [0.2, 0.25) is 5.02 Å². The Morgan fingerprint density at radius 2 is 1.85 bits per heavy atom. The number of halogens is 1. The molecule has 0 aliphatic heterocycles. The van der Waals surface area contributed by atoms with Gasteiger partial charge < -0.3 is 9.30 Å². The molecule has 20 heavy (non-hydrogen) atoms. The average Bonchev–Trinajstić information content (AvgIpc) is 2.47. The fourth-order valence-electron chi connectivity index (χ4n) is 1.90. The first-order chi connectivity index (χ1) is 9.63. The lowest BCUT2D eigenvalue weighted by molar-refractivity contribution is 0.107. The maximum Gasteiger partial charge on any atom is 0.224 e. The molecule has 0 heterocycles. The maximum absolute atomic E-state index is 12.3. The van der Waals surface area contributed by atoms with Gasteiger partial charge in [-0.25, -0.2) is 0 Å². The molecule has 2 aromatic rings. The molecule has 0 aliphatic carbocycles. The number of methoxy groups -OCH3 is 1. The lowest BCUT2D eigenvalue weighted by Gasteiger charge is -2.09. The minimum absolute atomic E-state index is 0.205. The number of carbonyl (C=O) groups excluding carboxylic acids is 1. The van der Waals surface area contributed by atoms with Crippen LogP contribution >= 0.6 is 19.4 Å². The number of ether oxygens (including phenoxy) is 1. The summed E-state index contributed by atoms with van der Waals surface area (Å²) in [6, 6.07) is 14.2.